The molecule has 4 rings (SSSR count). The average Bonchev–Trinajstić information content (AvgIpc) is 3.23. The number of hydrogen-bond acceptors (Lipinski definition) is 3. The van der Waals surface area contributed by atoms with Crippen molar-refractivity contribution in [2.24, 2.45) is 35.5 Å². The summed E-state index contributed by atoms with van der Waals surface area (Å²) >= 11 is 0. The smallest absolute Gasteiger partial charge is 0.422 e. The van der Waals surface area contributed by atoms with Gasteiger partial charge in [0.05, 0.1) is 6.10 Å². The number of esters is 1. The zero-order chi connectivity index (χ0) is 16.4. The second-order valence-electron chi connectivity index (χ2n) is 7.61. The molecule has 0 spiro atoms. The maximum atomic E-state index is 12.3. The lowest BCUT2D eigenvalue weighted by atomic mass is 9.70. The Labute approximate surface area is 133 Å². The van der Waals surface area contributed by atoms with Crippen molar-refractivity contribution < 1.29 is 27.4 Å². The van der Waals surface area contributed by atoms with Crippen LogP contribution in [0, 0.1) is 35.5 Å². The normalized spacial score (nSPS) is 43.7. The van der Waals surface area contributed by atoms with Crippen molar-refractivity contribution in [3.8, 4) is 0 Å². The Morgan fingerprint density at radius 1 is 1.04 bits per heavy atom. The van der Waals surface area contributed by atoms with Gasteiger partial charge in [0.15, 0.2) is 6.79 Å². The SMILES string of the molecule is C=C(C(=O)OCOC1CC2CC1C1C3CCC(C3)C21)C(F)(F)F. The van der Waals surface area contributed by atoms with Gasteiger partial charge in [-0.25, -0.2) is 4.79 Å². The highest BCUT2D eigenvalue weighted by Gasteiger charge is 2.62. The topological polar surface area (TPSA) is 35.5 Å². The molecule has 0 radical (unpaired) electrons. The van der Waals surface area contributed by atoms with E-state index in [2.05, 4.69) is 11.3 Å². The molecule has 4 saturated carbocycles. The molecule has 7 unspecified atom stereocenters. The highest BCUT2D eigenvalue weighted by molar-refractivity contribution is 5.89. The first kappa shape index (κ1) is 15.5. The molecule has 4 bridgehead atoms. The first-order valence-electron chi connectivity index (χ1n) is 8.41. The number of carbonyl (C=O) groups is 1. The van der Waals surface area contributed by atoms with E-state index in [1.807, 2.05) is 0 Å². The molecule has 0 aliphatic heterocycles. The largest absolute Gasteiger partial charge is 0.435 e. The van der Waals surface area contributed by atoms with Gasteiger partial charge in [-0.2, -0.15) is 13.2 Å². The number of fused-ring (bicyclic) bond motifs is 9. The molecule has 7 atom stereocenters. The summed E-state index contributed by atoms with van der Waals surface area (Å²) in [5.41, 5.74) is -1.48. The number of halogens is 3. The van der Waals surface area contributed by atoms with Gasteiger partial charge >= 0.3 is 12.1 Å². The van der Waals surface area contributed by atoms with Crippen LogP contribution in [-0.4, -0.2) is 25.0 Å². The van der Waals surface area contributed by atoms with Gasteiger partial charge in [-0.3, -0.25) is 0 Å². The molecular weight excluding hydrogens is 309 g/mol. The highest BCUT2D eigenvalue weighted by atomic mass is 19.4. The highest BCUT2D eigenvalue weighted by Crippen LogP contribution is 2.67. The molecule has 128 valence electrons. The van der Waals surface area contributed by atoms with E-state index in [9.17, 15) is 18.0 Å². The lowest BCUT2D eigenvalue weighted by molar-refractivity contribution is -0.169. The van der Waals surface area contributed by atoms with Crippen molar-refractivity contribution in [3.63, 3.8) is 0 Å². The van der Waals surface area contributed by atoms with Crippen LogP contribution in [0.5, 0.6) is 0 Å². The summed E-state index contributed by atoms with van der Waals surface area (Å²) < 4.78 is 47.3. The van der Waals surface area contributed by atoms with E-state index < -0.39 is 24.5 Å². The molecule has 0 aromatic rings. The molecular formula is C17H21F3O3. The molecule has 4 aliphatic rings. The molecule has 23 heavy (non-hydrogen) atoms. The van der Waals surface area contributed by atoms with Crippen molar-refractivity contribution >= 4 is 5.97 Å². The number of carbonyl (C=O) groups excluding carboxylic acids is 1. The average molecular weight is 330 g/mol. The van der Waals surface area contributed by atoms with E-state index >= 15 is 0 Å². The van der Waals surface area contributed by atoms with E-state index in [-0.39, 0.29) is 6.10 Å². The molecule has 0 amide bonds. The van der Waals surface area contributed by atoms with Crippen LogP contribution in [0.1, 0.15) is 32.1 Å². The van der Waals surface area contributed by atoms with Gasteiger partial charge in [0.1, 0.15) is 5.57 Å². The predicted octanol–water partition coefficient (Wildman–Crippen LogP) is 3.69. The van der Waals surface area contributed by atoms with Crippen molar-refractivity contribution in [2.75, 3.05) is 6.79 Å². The van der Waals surface area contributed by atoms with Gasteiger partial charge in [0, 0.05) is 0 Å². The van der Waals surface area contributed by atoms with Gasteiger partial charge in [-0.15, -0.1) is 0 Å². The van der Waals surface area contributed by atoms with Crippen LogP contribution in [-0.2, 0) is 14.3 Å². The molecule has 0 aromatic heterocycles. The van der Waals surface area contributed by atoms with Crippen LogP contribution in [0.2, 0.25) is 0 Å². The maximum Gasteiger partial charge on any atom is 0.422 e. The first-order valence-corrected chi connectivity index (χ1v) is 8.41. The summed E-state index contributed by atoms with van der Waals surface area (Å²) in [6, 6.07) is 0. The minimum Gasteiger partial charge on any atom is -0.435 e. The van der Waals surface area contributed by atoms with E-state index in [0.717, 1.165) is 30.1 Å². The van der Waals surface area contributed by atoms with Crippen LogP contribution in [0.3, 0.4) is 0 Å². The predicted molar refractivity (Wildman–Crippen MR) is 75.1 cm³/mol. The number of hydrogen-bond donors (Lipinski definition) is 0. The van der Waals surface area contributed by atoms with Crippen LogP contribution < -0.4 is 0 Å². The maximum absolute atomic E-state index is 12.3. The van der Waals surface area contributed by atoms with E-state index in [1.54, 1.807) is 0 Å². The zero-order valence-corrected chi connectivity index (χ0v) is 12.8. The Kier molecular flexibility index (Phi) is 3.52. The van der Waals surface area contributed by atoms with Crippen molar-refractivity contribution in [3.05, 3.63) is 12.2 Å². The lowest BCUT2D eigenvalue weighted by Gasteiger charge is -2.38. The fourth-order valence-corrected chi connectivity index (χ4v) is 6.07. The Morgan fingerprint density at radius 2 is 1.74 bits per heavy atom. The minimum absolute atomic E-state index is 0.0348. The fourth-order valence-electron chi connectivity index (χ4n) is 6.07. The molecule has 0 aromatic carbocycles. The van der Waals surface area contributed by atoms with Gasteiger partial charge in [0.25, 0.3) is 0 Å². The first-order chi connectivity index (χ1) is 10.9. The van der Waals surface area contributed by atoms with Crippen LogP contribution in [0.15, 0.2) is 12.2 Å². The zero-order valence-electron chi connectivity index (χ0n) is 12.8. The lowest BCUT2D eigenvalue weighted by Crippen LogP contribution is -2.37. The van der Waals surface area contributed by atoms with Crippen molar-refractivity contribution in [1.29, 1.82) is 0 Å². The summed E-state index contributed by atoms with van der Waals surface area (Å²) in [5.74, 6) is 3.06. The molecule has 4 fully saturated rings. The quantitative estimate of drug-likeness (QED) is 0.341. The second-order valence-corrected chi connectivity index (χ2v) is 7.61. The Bertz CT molecular complexity index is 530. The molecule has 4 aliphatic carbocycles. The fraction of sp³-hybridized carbons (Fsp3) is 0.824. The number of ether oxygens (including phenoxy) is 2. The molecule has 0 saturated heterocycles. The van der Waals surface area contributed by atoms with Gasteiger partial charge in [0.2, 0.25) is 0 Å². The van der Waals surface area contributed by atoms with Crippen LogP contribution in [0.25, 0.3) is 0 Å². The summed E-state index contributed by atoms with van der Waals surface area (Å²) in [5, 5.41) is 0. The van der Waals surface area contributed by atoms with Gasteiger partial charge in [-0.1, -0.05) is 6.58 Å². The summed E-state index contributed by atoms with van der Waals surface area (Å²) in [6.45, 7) is 2.32. The second kappa shape index (κ2) is 5.23. The van der Waals surface area contributed by atoms with Gasteiger partial charge in [-0.05, 0) is 67.6 Å². The minimum atomic E-state index is -4.75. The number of alkyl halides is 3. The molecule has 0 heterocycles. The number of rotatable bonds is 4. The third kappa shape index (κ3) is 2.41. The van der Waals surface area contributed by atoms with E-state index in [0.29, 0.717) is 11.8 Å². The van der Waals surface area contributed by atoms with Crippen LogP contribution >= 0.6 is 0 Å². The Hall–Kier alpha value is -1.04. The molecule has 3 nitrogen and oxygen atoms in total. The molecule has 0 N–H and O–H groups in total. The van der Waals surface area contributed by atoms with E-state index in [1.165, 1.54) is 25.7 Å². The third-order valence-corrected chi connectivity index (χ3v) is 6.73. The molecule has 6 heteroatoms. The monoisotopic (exact) mass is 330 g/mol. The van der Waals surface area contributed by atoms with E-state index in [4.69, 9.17) is 4.74 Å². The third-order valence-electron chi connectivity index (χ3n) is 6.73. The standard InChI is InChI=1S/C17H21F3O3/c1-8(17(18,19)20)16(21)23-7-22-13-6-11-5-12(13)15-10-3-2-9(4-10)14(11)15/h9-15H,1-7H2. The van der Waals surface area contributed by atoms with Crippen LogP contribution in [0.4, 0.5) is 13.2 Å². The Morgan fingerprint density at radius 3 is 2.43 bits per heavy atom. The van der Waals surface area contributed by atoms with Crippen molar-refractivity contribution in [2.45, 2.75) is 44.4 Å². The van der Waals surface area contributed by atoms with Crippen molar-refractivity contribution in [1.82, 2.24) is 0 Å². The summed E-state index contributed by atoms with van der Waals surface area (Å²) in [7, 11) is 0. The Balaban J connectivity index is 1.29. The summed E-state index contributed by atoms with van der Waals surface area (Å²) in [4.78, 5) is 11.3. The summed E-state index contributed by atoms with van der Waals surface area (Å²) in [6.07, 6.45) is 1.48. The van der Waals surface area contributed by atoms with Gasteiger partial charge < -0.3 is 9.47 Å².